The molecule has 1 aliphatic rings. The molecular weight excluding hydrogens is 352 g/mol. The monoisotopic (exact) mass is 364 g/mol. The van der Waals surface area contributed by atoms with Crippen LogP contribution in [-0.4, -0.2) is 41.0 Å². The lowest BCUT2D eigenvalue weighted by atomic mass is 10.1. The molecule has 0 radical (unpaired) electrons. The number of sulfonamides is 1. The summed E-state index contributed by atoms with van der Waals surface area (Å²) in [5.41, 5.74) is 0.315. The van der Waals surface area contributed by atoms with Crippen molar-refractivity contribution < 1.29 is 27.6 Å². The molecule has 1 aromatic carbocycles. The number of hydrogen-bond acceptors (Lipinski definition) is 7. The van der Waals surface area contributed by atoms with Gasteiger partial charge in [0, 0.05) is 6.20 Å². The van der Waals surface area contributed by atoms with Crippen LogP contribution < -0.4 is 5.14 Å². The number of hydrogen-bond donors (Lipinski definition) is 1. The van der Waals surface area contributed by atoms with Crippen molar-refractivity contribution in [3.8, 4) is 0 Å². The van der Waals surface area contributed by atoms with Crippen molar-refractivity contribution in [2.24, 2.45) is 5.14 Å². The second-order valence-electron chi connectivity index (χ2n) is 5.15. The average Bonchev–Trinajstić information content (AvgIpc) is 3.13. The molecule has 2 amide bonds. The normalized spacial score (nSPS) is 13.9. The van der Waals surface area contributed by atoms with Gasteiger partial charge in [0.15, 0.2) is 0 Å². The maximum Gasteiger partial charge on any atom is 0.335 e. The zero-order chi connectivity index (χ0) is 18.2. The molecule has 1 aromatic heterocycles. The van der Waals surface area contributed by atoms with Gasteiger partial charge in [-0.2, -0.15) is 5.10 Å². The Kier molecular flexibility index (Phi) is 4.10. The van der Waals surface area contributed by atoms with Gasteiger partial charge in [0.25, 0.3) is 11.8 Å². The maximum absolute atomic E-state index is 12.1. The van der Waals surface area contributed by atoms with Crippen molar-refractivity contribution >= 4 is 27.8 Å². The van der Waals surface area contributed by atoms with E-state index in [0.29, 0.717) is 5.06 Å². The van der Waals surface area contributed by atoms with E-state index < -0.39 is 27.8 Å². The number of aromatic nitrogens is 2. The molecule has 0 unspecified atom stereocenters. The van der Waals surface area contributed by atoms with E-state index in [1.807, 2.05) is 0 Å². The molecule has 0 fully saturated rings. The lowest BCUT2D eigenvalue weighted by molar-refractivity contribution is -0.168. The number of carbonyl (C=O) groups is 3. The van der Waals surface area contributed by atoms with Gasteiger partial charge in [-0.1, -0.05) is 17.2 Å². The summed E-state index contributed by atoms with van der Waals surface area (Å²) in [5.74, 6) is -2.28. The van der Waals surface area contributed by atoms with E-state index in [1.54, 1.807) is 12.1 Å². The molecule has 2 heterocycles. The van der Waals surface area contributed by atoms with E-state index in [2.05, 4.69) is 5.10 Å². The highest BCUT2D eigenvalue weighted by Gasteiger charge is 2.38. The number of nitrogens with zero attached hydrogens (tertiary/aromatic N) is 3. The van der Waals surface area contributed by atoms with Crippen LogP contribution in [-0.2, 0) is 26.2 Å². The zero-order valence-corrected chi connectivity index (χ0v) is 13.5. The molecule has 10 nitrogen and oxygen atoms in total. The molecule has 25 heavy (non-hydrogen) atoms. The van der Waals surface area contributed by atoms with Crippen LogP contribution in [0.15, 0.2) is 41.6 Å². The number of hydroxylamine groups is 2. The van der Waals surface area contributed by atoms with Gasteiger partial charge >= 0.3 is 5.97 Å². The highest BCUT2D eigenvalue weighted by atomic mass is 32.2. The molecule has 11 heteroatoms. The molecule has 3 rings (SSSR count). The summed E-state index contributed by atoms with van der Waals surface area (Å²) in [7, 11) is -3.88. The summed E-state index contributed by atoms with van der Waals surface area (Å²) in [6, 6.07) is 6.11. The van der Waals surface area contributed by atoms with Crippen molar-refractivity contribution in [3.05, 3.63) is 47.8 Å². The number of aryl methyl sites for hydroxylation is 1. The lowest BCUT2D eigenvalue weighted by Gasteiger charge is -2.12. The number of carbonyl (C=O) groups excluding carboxylic acids is 3. The van der Waals surface area contributed by atoms with E-state index >= 15 is 0 Å². The Bertz CT molecular complexity index is 946. The molecule has 0 aliphatic carbocycles. The number of primary sulfonamides is 1. The number of amides is 2. The van der Waals surface area contributed by atoms with Crippen LogP contribution in [0.5, 0.6) is 0 Å². The predicted octanol–water partition coefficient (Wildman–Crippen LogP) is -0.325. The fourth-order valence-electron chi connectivity index (χ4n) is 2.22. The summed E-state index contributed by atoms with van der Waals surface area (Å²) in [4.78, 5) is 40.6. The van der Waals surface area contributed by atoms with E-state index in [0.717, 1.165) is 12.4 Å². The average molecular weight is 364 g/mol. The number of benzene rings is 1. The van der Waals surface area contributed by atoms with E-state index in [1.165, 1.54) is 16.8 Å². The third-order valence-corrected chi connectivity index (χ3v) is 4.30. The molecule has 0 atom stereocenters. The van der Waals surface area contributed by atoms with Crippen LogP contribution in [0.4, 0.5) is 0 Å². The number of nitrogens with two attached hydrogens (primary N) is 1. The van der Waals surface area contributed by atoms with Gasteiger partial charge in [0.05, 0.1) is 30.3 Å². The van der Waals surface area contributed by atoms with Crippen LogP contribution in [0, 0.1) is 0 Å². The highest BCUT2D eigenvalue weighted by Crippen LogP contribution is 2.22. The third-order valence-electron chi connectivity index (χ3n) is 3.43. The Morgan fingerprint density at radius 3 is 2.28 bits per heavy atom. The van der Waals surface area contributed by atoms with Crippen LogP contribution in [0.1, 0.15) is 27.1 Å². The van der Waals surface area contributed by atoms with E-state index in [9.17, 15) is 22.8 Å². The van der Waals surface area contributed by atoms with Gasteiger partial charge in [-0.3, -0.25) is 14.3 Å². The third kappa shape index (κ3) is 3.27. The van der Waals surface area contributed by atoms with Gasteiger partial charge in [-0.15, -0.1) is 0 Å². The van der Waals surface area contributed by atoms with Gasteiger partial charge in [0.1, 0.15) is 4.90 Å². The van der Waals surface area contributed by atoms with Crippen LogP contribution in [0.25, 0.3) is 0 Å². The van der Waals surface area contributed by atoms with E-state index in [4.69, 9.17) is 9.98 Å². The Labute approximate surface area is 141 Å². The van der Waals surface area contributed by atoms with Gasteiger partial charge < -0.3 is 4.84 Å². The van der Waals surface area contributed by atoms with Crippen LogP contribution in [0.3, 0.4) is 0 Å². The van der Waals surface area contributed by atoms with Crippen molar-refractivity contribution in [2.75, 3.05) is 0 Å². The molecule has 0 bridgehead atoms. The van der Waals surface area contributed by atoms with Crippen molar-refractivity contribution in [1.29, 1.82) is 0 Å². The highest BCUT2D eigenvalue weighted by molar-refractivity contribution is 7.89. The first kappa shape index (κ1) is 16.8. The minimum absolute atomic E-state index is 0.0163. The fraction of sp³-hybridized carbons (Fsp3) is 0.143. The maximum atomic E-state index is 12.1. The van der Waals surface area contributed by atoms with Crippen LogP contribution >= 0.6 is 0 Å². The molecule has 2 aromatic rings. The fourth-order valence-corrected chi connectivity index (χ4v) is 2.68. The number of rotatable bonds is 5. The standard InChI is InChI=1S/C14H12N4O6S/c15-25(22,23)9-7-16-17(8-9)6-5-12(19)24-18-13(20)10-3-1-2-4-11(10)14(18)21/h1-4,7-8H,5-6H2,(H2,15,22,23). The Morgan fingerprint density at radius 2 is 1.76 bits per heavy atom. The van der Waals surface area contributed by atoms with Gasteiger partial charge in [-0.25, -0.2) is 18.4 Å². The van der Waals surface area contributed by atoms with Gasteiger partial charge in [-0.05, 0) is 12.1 Å². The zero-order valence-electron chi connectivity index (χ0n) is 12.7. The quantitative estimate of drug-likeness (QED) is 0.716. The minimum atomic E-state index is -3.88. The topological polar surface area (TPSA) is 142 Å². The summed E-state index contributed by atoms with van der Waals surface area (Å²) < 4.78 is 23.5. The largest absolute Gasteiger partial charge is 0.335 e. The smallest absolute Gasteiger partial charge is 0.330 e. The number of imide groups is 1. The number of fused-ring (bicyclic) bond motifs is 1. The molecule has 2 N–H and O–H groups in total. The molecule has 130 valence electrons. The summed E-state index contributed by atoms with van der Waals surface area (Å²) >= 11 is 0. The summed E-state index contributed by atoms with van der Waals surface area (Å²) in [5, 5.41) is 9.11. The van der Waals surface area contributed by atoms with Gasteiger partial charge in [0.2, 0.25) is 10.0 Å². The Hall–Kier alpha value is -3.05. The summed E-state index contributed by atoms with van der Waals surface area (Å²) in [6.45, 7) is -0.0163. The van der Waals surface area contributed by atoms with E-state index in [-0.39, 0.29) is 29.0 Å². The first-order valence-electron chi connectivity index (χ1n) is 7.01. The predicted molar refractivity (Wildman–Crippen MR) is 81.3 cm³/mol. The second-order valence-corrected chi connectivity index (χ2v) is 6.71. The van der Waals surface area contributed by atoms with Crippen molar-refractivity contribution in [1.82, 2.24) is 14.8 Å². The molecule has 0 spiro atoms. The first-order chi connectivity index (χ1) is 11.8. The first-order valence-corrected chi connectivity index (χ1v) is 8.56. The molecule has 1 aliphatic heterocycles. The summed E-state index contributed by atoms with van der Waals surface area (Å²) in [6.07, 6.45) is 1.97. The Balaban J connectivity index is 1.61. The molecule has 0 saturated heterocycles. The minimum Gasteiger partial charge on any atom is -0.330 e. The van der Waals surface area contributed by atoms with Crippen molar-refractivity contribution in [2.45, 2.75) is 17.9 Å². The SMILES string of the molecule is NS(=O)(=O)c1cnn(CCC(=O)ON2C(=O)c3ccccc3C2=O)c1. The molecular formula is C14H12N4O6S. The molecule has 0 saturated carbocycles. The lowest BCUT2D eigenvalue weighted by Crippen LogP contribution is -2.32. The van der Waals surface area contributed by atoms with Crippen molar-refractivity contribution in [3.63, 3.8) is 0 Å². The van der Waals surface area contributed by atoms with Crippen LogP contribution in [0.2, 0.25) is 0 Å². The second kappa shape index (κ2) is 6.11. The Morgan fingerprint density at radius 1 is 1.16 bits per heavy atom.